The van der Waals surface area contributed by atoms with Crippen LogP contribution in [0.5, 0.6) is 0 Å². The molecule has 0 aromatic heterocycles. The van der Waals surface area contributed by atoms with Crippen molar-refractivity contribution in [1.82, 2.24) is 19.8 Å². The van der Waals surface area contributed by atoms with Crippen LogP contribution >= 0.6 is 11.6 Å². The summed E-state index contributed by atoms with van der Waals surface area (Å²) < 4.78 is 33.3. The van der Waals surface area contributed by atoms with Crippen LogP contribution in [0.25, 0.3) is 0 Å². The van der Waals surface area contributed by atoms with Gasteiger partial charge in [0.05, 0.1) is 18.1 Å². The lowest BCUT2D eigenvalue weighted by atomic mass is 10.0. The Morgan fingerprint density at radius 2 is 1.58 bits per heavy atom. The molecule has 1 atom stereocenters. The molecule has 3 aromatic rings. The average molecular weight is 653 g/mol. The van der Waals surface area contributed by atoms with Gasteiger partial charge in [-0.25, -0.2) is 13.1 Å². The van der Waals surface area contributed by atoms with Gasteiger partial charge in [0.2, 0.25) is 21.8 Å². The smallest absolute Gasteiger partial charge is 0.243 e. The summed E-state index contributed by atoms with van der Waals surface area (Å²) in [5.41, 5.74) is 2.66. The second-order valence-corrected chi connectivity index (χ2v) is 13.8. The van der Waals surface area contributed by atoms with Crippen molar-refractivity contribution in [2.24, 2.45) is 0 Å². The van der Waals surface area contributed by atoms with E-state index in [4.69, 9.17) is 16.3 Å². The monoisotopic (exact) mass is 652 g/mol. The van der Waals surface area contributed by atoms with Gasteiger partial charge in [-0.1, -0.05) is 66.2 Å². The highest BCUT2D eigenvalue weighted by Crippen LogP contribution is 2.23. The minimum Gasteiger partial charge on any atom is -0.379 e. The molecule has 1 heterocycles. The third kappa shape index (κ3) is 10.1. The molecule has 240 valence electrons. The molecule has 3 aromatic carbocycles. The number of carbonyl (C=O) groups excluding carboxylic acids is 2. The van der Waals surface area contributed by atoms with Crippen LogP contribution < -0.4 is 10.0 Å². The highest BCUT2D eigenvalue weighted by molar-refractivity contribution is 7.89. The number of rotatable bonds is 15. The molecule has 9 nitrogen and oxygen atoms in total. The van der Waals surface area contributed by atoms with Gasteiger partial charge in [0.15, 0.2) is 0 Å². The molecule has 0 spiro atoms. The third-order valence-electron chi connectivity index (χ3n) is 8.13. The number of halogens is 1. The number of aryl methyl sites for hydroxylation is 1. The van der Waals surface area contributed by atoms with Crippen molar-refractivity contribution >= 4 is 33.4 Å². The first-order valence-corrected chi connectivity index (χ1v) is 17.4. The number of sulfonamides is 1. The number of hydrogen-bond acceptors (Lipinski definition) is 6. The SMILES string of the molecule is O=C(NCCN1CCOCC1)[C@H](Cc1ccccc1)N(Cc1ccc(Cl)cc1)C(=O)CCc1ccc(S(=O)(=O)NC2CC2)cc1. The van der Waals surface area contributed by atoms with E-state index in [1.165, 1.54) is 0 Å². The summed E-state index contributed by atoms with van der Waals surface area (Å²) in [4.78, 5) is 32.0. The van der Waals surface area contributed by atoms with Crippen LogP contribution in [-0.2, 0) is 43.7 Å². The number of morpholine rings is 1. The first kappa shape index (κ1) is 33.1. The van der Waals surface area contributed by atoms with Crippen molar-refractivity contribution in [3.05, 3.63) is 101 Å². The predicted molar refractivity (Wildman–Crippen MR) is 174 cm³/mol. The van der Waals surface area contributed by atoms with Gasteiger partial charge in [0, 0.05) is 56.6 Å². The fraction of sp³-hybridized carbons (Fsp3) is 0.412. The molecule has 2 fully saturated rings. The number of nitrogens with zero attached hydrogens (tertiary/aromatic N) is 2. The maximum atomic E-state index is 14.0. The van der Waals surface area contributed by atoms with E-state index in [9.17, 15) is 18.0 Å². The summed E-state index contributed by atoms with van der Waals surface area (Å²) in [7, 11) is -3.55. The molecular weight excluding hydrogens is 612 g/mol. The van der Waals surface area contributed by atoms with E-state index in [1.807, 2.05) is 42.5 Å². The molecule has 0 unspecified atom stereocenters. The zero-order valence-electron chi connectivity index (χ0n) is 25.4. The van der Waals surface area contributed by atoms with Crippen LogP contribution in [0, 0.1) is 0 Å². The molecule has 2 aliphatic rings. The third-order valence-corrected chi connectivity index (χ3v) is 9.92. The van der Waals surface area contributed by atoms with Crippen LogP contribution in [-0.4, -0.2) is 81.5 Å². The number of hydrogen-bond donors (Lipinski definition) is 2. The lowest BCUT2D eigenvalue weighted by Gasteiger charge is -2.32. The molecule has 0 radical (unpaired) electrons. The lowest BCUT2D eigenvalue weighted by Crippen LogP contribution is -2.52. The number of ether oxygens (including phenoxy) is 1. The van der Waals surface area contributed by atoms with Gasteiger partial charge in [0.25, 0.3) is 0 Å². The van der Waals surface area contributed by atoms with Crippen LogP contribution in [0.1, 0.15) is 36.0 Å². The second kappa shape index (κ2) is 15.8. The Kier molecular flexibility index (Phi) is 11.6. The second-order valence-electron chi connectivity index (χ2n) is 11.6. The van der Waals surface area contributed by atoms with Crippen molar-refractivity contribution in [3.63, 3.8) is 0 Å². The van der Waals surface area contributed by atoms with Crippen molar-refractivity contribution in [2.75, 3.05) is 39.4 Å². The zero-order valence-corrected chi connectivity index (χ0v) is 26.9. The summed E-state index contributed by atoms with van der Waals surface area (Å²) in [5.74, 6) is -0.367. The van der Waals surface area contributed by atoms with Gasteiger partial charge in [-0.3, -0.25) is 14.5 Å². The van der Waals surface area contributed by atoms with E-state index in [2.05, 4.69) is 14.9 Å². The largest absolute Gasteiger partial charge is 0.379 e. The fourth-order valence-corrected chi connectivity index (χ4v) is 6.77. The Labute approximate surface area is 270 Å². The highest BCUT2D eigenvalue weighted by Gasteiger charge is 2.31. The molecule has 1 saturated heterocycles. The number of carbonyl (C=O) groups is 2. The van der Waals surface area contributed by atoms with Crippen molar-refractivity contribution in [1.29, 1.82) is 0 Å². The van der Waals surface area contributed by atoms with Crippen molar-refractivity contribution in [3.8, 4) is 0 Å². The van der Waals surface area contributed by atoms with Crippen LogP contribution in [0.4, 0.5) is 0 Å². The lowest BCUT2D eigenvalue weighted by molar-refractivity contribution is -0.141. The van der Waals surface area contributed by atoms with Gasteiger partial charge >= 0.3 is 0 Å². The molecule has 5 rings (SSSR count). The fourth-order valence-electron chi connectivity index (χ4n) is 5.34. The van der Waals surface area contributed by atoms with Gasteiger partial charge in [-0.15, -0.1) is 0 Å². The van der Waals surface area contributed by atoms with Crippen LogP contribution in [0.15, 0.2) is 83.8 Å². The Morgan fingerprint density at radius 1 is 0.911 bits per heavy atom. The molecule has 0 bridgehead atoms. The maximum Gasteiger partial charge on any atom is 0.243 e. The zero-order chi connectivity index (χ0) is 31.6. The summed E-state index contributed by atoms with van der Waals surface area (Å²) in [6.07, 6.45) is 2.66. The van der Waals surface area contributed by atoms with Crippen LogP contribution in [0.2, 0.25) is 5.02 Å². The topological polar surface area (TPSA) is 108 Å². The Balaban J connectivity index is 1.32. The van der Waals surface area contributed by atoms with E-state index < -0.39 is 16.1 Å². The van der Waals surface area contributed by atoms with E-state index in [0.717, 1.165) is 42.6 Å². The molecule has 2 amide bonds. The predicted octanol–water partition coefficient (Wildman–Crippen LogP) is 3.80. The highest BCUT2D eigenvalue weighted by atomic mass is 35.5. The van der Waals surface area contributed by atoms with Crippen LogP contribution in [0.3, 0.4) is 0 Å². The van der Waals surface area contributed by atoms with Gasteiger partial charge < -0.3 is 15.0 Å². The molecule has 45 heavy (non-hydrogen) atoms. The molecule has 1 saturated carbocycles. The van der Waals surface area contributed by atoms with Gasteiger partial charge in [0.1, 0.15) is 6.04 Å². The Morgan fingerprint density at radius 3 is 2.24 bits per heavy atom. The van der Waals surface area contributed by atoms with E-state index in [0.29, 0.717) is 44.2 Å². The van der Waals surface area contributed by atoms with Gasteiger partial charge in [-0.2, -0.15) is 0 Å². The van der Waals surface area contributed by atoms with Gasteiger partial charge in [-0.05, 0) is 60.2 Å². The summed E-state index contributed by atoms with van der Waals surface area (Å²) in [6, 6.07) is 23.0. The average Bonchev–Trinajstić information content (AvgIpc) is 3.87. The van der Waals surface area contributed by atoms with E-state index in [-0.39, 0.29) is 35.7 Å². The van der Waals surface area contributed by atoms with E-state index in [1.54, 1.807) is 41.3 Å². The molecule has 1 aliphatic carbocycles. The Bertz CT molecular complexity index is 1510. The first-order valence-electron chi connectivity index (χ1n) is 15.5. The van der Waals surface area contributed by atoms with E-state index >= 15 is 0 Å². The first-order chi connectivity index (χ1) is 21.8. The standard InChI is InChI=1S/C34H41ClN4O5S/c35-29-11-6-28(7-12-29)25-39(33(40)17-10-26-8-15-31(16-9-26)45(42,43)37-30-13-14-30)32(24-27-4-2-1-3-5-27)34(41)36-18-19-38-20-22-44-23-21-38/h1-9,11-12,15-16,30,32,37H,10,13-14,17-25H2,(H,36,41)/t32-/m0/s1. The molecular formula is C34H41ClN4O5S. The molecule has 1 aliphatic heterocycles. The number of benzene rings is 3. The quantitative estimate of drug-likeness (QED) is 0.259. The molecule has 2 N–H and O–H groups in total. The maximum absolute atomic E-state index is 14.0. The normalized spacial score (nSPS) is 16.2. The minimum absolute atomic E-state index is 0.0271. The summed E-state index contributed by atoms with van der Waals surface area (Å²) >= 11 is 6.14. The summed E-state index contributed by atoms with van der Waals surface area (Å²) in [5, 5.41) is 3.69. The number of amides is 2. The Hall–Kier alpha value is -3.28. The van der Waals surface area contributed by atoms with Crippen molar-refractivity contribution < 1.29 is 22.7 Å². The van der Waals surface area contributed by atoms with Crippen molar-refractivity contribution in [2.45, 2.75) is 55.6 Å². The summed E-state index contributed by atoms with van der Waals surface area (Å²) in [6.45, 7) is 4.45. The molecule has 11 heteroatoms. The number of nitrogens with one attached hydrogen (secondary N) is 2. The minimum atomic E-state index is -3.55.